The van der Waals surface area contributed by atoms with Gasteiger partial charge in [0, 0.05) is 30.9 Å². The minimum Gasteiger partial charge on any atom is -0.355 e. The normalized spacial score (nSPS) is 13.7. The Morgan fingerprint density at radius 3 is 2.79 bits per heavy atom. The summed E-state index contributed by atoms with van der Waals surface area (Å²) in [5, 5.41) is 8.39. The summed E-state index contributed by atoms with van der Waals surface area (Å²) in [6.45, 7) is 2.50. The number of carbonyl (C=O) groups is 2. The average molecular weight is 427 g/mol. The SMILES string of the molecule is O=C(CN1CCc2nc(NC(=O)c3cccs3)sc2C1)NCCc1ccccc1. The molecule has 8 heteroatoms. The lowest BCUT2D eigenvalue weighted by molar-refractivity contribution is -0.122. The monoisotopic (exact) mass is 426 g/mol. The molecule has 0 aliphatic carbocycles. The summed E-state index contributed by atoms with van der Waals surface area (Å²) in [4.78, 5) is 33.0. The molecule has 2 aromatic heterocycles. The molecular formula is C21H22N4O2S2. The Morgan fingerprint density at radius 2 is 2.00 bits per heavy atom. The number of nitrogens with zero attached hydrogens (tertiary/aromatic N) is 2. The van der Waals surface area contributed by atoms with Gasteiger partial charge >= 0.3 is 0 Å². The van der Waals surface area contributed by atoms with Crippen molar-refractivity contribution in [2.24, 2.45) is 0 Å². The molecule has 0 atom stereocenters. The van der Waals surface area contributed by atoms with Crippen LogP contribution in [0.3, 0.4) is 0 Å². The lowest BCUT2D eigenvalue weighted by Gasteiger charge is -2.25. The zero-order chi connectivity index (χ0) is 20.1. The predicted octanol–water partition coefficient (Wildman–Crippen LogP) is 3.17. The predicted molar refractivity (Wildman–Crippen MR) is 117 cm³/mol. The van der Waals surface area contributed by atoms with Crippen LogP contribution in [0.5, 0.6) is 0 Å². The Morgan fingerprint density at radius 1 is 1.14 bits per heavy atom. The molecule has 150 valence electrons. The van der Waals surface area contributed by atoms with Crippen molar-refractivity contribution in [1.29, 1.82) is 0 Å². The van der Waals surface area contributed by atoms with Crippen molar-refractivity contribution in [1.82, 2.24) is 15.2 Å². The number of thiazole rings is 1. The van der Waals surface area contributed by atoms with Crippen molar-refractivity contribution >= 4 is 39.6 Å². The molecule has 0 radical (unpaired) electrons. The van der Waals surface area contributed by atoms with Gasteiger partial charge in [-0.05, 0) is 23.4 Å². The van der Waals surface area contributed by atoms with Crippen LogP contribution in [-0.2, 0) is 24.2 Å². The van der Waals surface area contributed by atoms with Crippen molar-refractivity contribution in [3.63, 3.8) is 0 Å². The van der Waals surface area contributed by atoms with Crippen molar-refractivity contribution in [2.45, 2.75) is 19.4 Å². The van der Waals surface area contributed by atoms with Gasteiger partial charge < -0.3 is 5.32 Å². The third kappa shape index (κ3) is 5.29. The molecule has 1 aliphatic rings. The van der Waals surface area contributed by atoms with Gasteiger partial charge in [0.15, 0.2) is 5.13 Å². The van der Waals surface area contributed by atoms with E-state index in [1.54, 1.807) is 6.07 Å². The summed E-state index contributed by atoms with van der Waals surface area (Å²) in [6, 6.07) is 13.8. The van der Waals surface area contributed by atoms with Crippen LogP contribution in [0.1, 0.15) is 25.8 Å². The first-order valence-electron chi connectivity index (χ1n) is 9.54. The fraction of sp³-hybridized carbons (Fsp3) is 0.286. The minimum atomic E-state index is -0.124. The number of thiophene rings is 1. The molecule has 0 saturated carbocycles. The Hall–Kier alpha value is -2.55. The maximum absolute atomic E-state index is 12.3. The lowest BCUT2D eigenvalue weighted by atomic mass is 10.1. The molecule has 2 N–H and O–H groups in total. The van der Waals surface area contributed by atoms with E-state index in [0.717, 1.165) is 30.0 Å². The molecule has 1 aliphatic heterocycles. The molecule has 1 aromatic carbocycles. The number of rotatable bonds is 7. The number of fused-ring (bicyclic) bond motifs is 1. The second kappa shape index (κ2) is 9.30. The zero-order valence-corrected chi connectivity index (χ0v) is 17.5. The molecule has 0 unspecified atom stereocenters. The van der Waals surface area contributed by atoms with Crippen LogP contribution in [0.15, 0.2) is 47.8 Å². The standard InChI is InChI=1S/C21H22N4O2S2/c26-19(22-10-8-15-5-2-1-3-6-15)14-25-11-9-16-18(13-25)29-21(23-16)24-20(27)17-7-4-12-28-17/h1-7,12H,8-11,13-14H2,(H,22,26)(H,23,24,27). The fourth-order valence-corrected chi connectivity index (χ4v) is 4.92. The Kier molecular flexibility index (Phi) is 6.33. The first-order chi connectivity index (χ1) is 14.2. The van der Waals surface area contributed by atoms with Crippen LogP contribution < -0.4 is 10.6 Å². The Labute approximate surface area is 177 Å². The number of hydrogen-bond donors (Lipinski definition) is 2. The number of anilines is 1. The van der Waals surface area contributed by atoms with E-state index in [1.807, 2.05) is 29.6 Å². The highest BCUT2D eigenvalue weighted by atomic mass is 32.1. The number of benzene rings is 1. The van der Waals surface area contributed by atoms with Gasteiger partial charge in [-0.3, -0.25) is 19.8 Å². The molecule has 2 amide bonds. The van der Waals surface area contributed by atoms with Crippen LogP contribution >= 0.6 is 22.7 Å². The van der Waals surface area contributed by atoms with E-state index in [-0.39, 0.29) is 11.8 Å². The van der Waals surface area contributed by atoms with Crippen molar-refractivity contribution in [3.05, 3.63) is 68.9 Å². The van der Waals surface area contributed by atoms with Gasteiger partial charge in [0.1, 0.15) is 0 Å². The molecule has 3 heterocycles. The van der Waals surface area contributed by atoms with E-state index in [0.29, 0.717) is 29.6 Å². The molecule has 6 nitrogen and oxygen atoms in total. The van der Waals surface area contributed by atoms with Gasteiger partial charge in [-0.15, -0.1) is 22.7 Å². The second-order valence-corrected chi connectivity index (χ2v) is 8.90. The van der Waals surface area contributed by atoms with Gasteiger partial charge in [-0.2, -0.15) is 0 Å². The topological polar surface area (TPSA) is 74.3 Å². The zero-order valence-electron chi connectivity index (χ0n) is 15.9. The fourth-order valence-electron chi connectivity index (χ4n) is 3.25. The second-order valence-electron chi connectivity index (χ2n) is 6.87. The highest BCUT2D eigenvalue weighted by molar-refractivity contribution is 7.16. The summed E-state index contributed by atoms with van der Waals surface area (Å²) in [5.74, 6) is -0.0825. The molecule has 0 spiro atoms. The van der Waals surface area contributed by atoms with E-state index in [1.165, 1.54) is 28.2 Å². The van der Waals surface area contributed by atoms with E-state index >= 15 is 0 Å². The lowest BCUT2D eigenvalue weighted by Crippen LogP contribution is -2.40. The molecule has 0 bridgehead atoms. The smallest absolute Gasteiger partial charge is 0.267 e. The third-order valence-corrected chi connectivity index (χ3v) is 6.59. The van der Waals surface area contributed by atoms with Crippen molar-refractivity contribution < 1.29 is 9.59 Å². The quantitative estimate of drug-likeness (QED) is 0.609. The third-order valence-electron chi connectivity index (χ3n) is 4.72. The minimum absolute atomic E-state index is 0.0418. The summed E-state index contributed by atoms with van der Waals surface area (Å²) < 4.78 is 0. The molecule has 0 fully saturated rings. The summed E-state index contributed by atoms with van der Waals surface area (Å²) in [5.41, 5.74) is 2.24. The summed E-state index contributed by atoms with van der Waals surface area (Å²) in [6.07, 6.45) is 1.62. The number of amides is 2. The largest absolute Gasteiger partial charge is 0.355 e. The Balaban J connectivity index is 1.25. The molecule has 29 heavy (non-hydrogen) atoms. The number of nitrogens with one attached hydrogen (secondary N) is 2. The average Bonchev–Trinajstić information content (AvgIpc) is 3.38. The van der Waals surface area contributed by atoms with E-state index in [2.05, 4.69) is 32.7 Å². The van der Waals surface area contributed by atoms with Gasteiger partial charge in [-0.1, -0.05) is 36.4 Å². The van der Waals surface area contributed by atoms with E-state index in [9.17, 15) is 9.59 Å². The first-order valence-corrected chi connectivity index (χ1v) is 11.2. The van der Waals surface area contributed by atoms with Crippen LogP contribution in [-0.4, -0.2) is 41.3 Å². The maximum atomic E-state index is 12.3. The van der Waals surface area contributed by atoms with Crippen LogP contribution in [0, 0.1) is 0 Å². The van der Waals surface area contributed by atoms with Crippen LogP contribution in [0.4, 0.5) is 5.13 Å². The van der Waals surface area contributed by atoms with Gasteiger partial charge in [0.25, 0.3) is 5.91 Å². The van der Waals surface area contributed by atoms with Gasteiger partial charge in [-0.25, -0.2) is 4.98 Å². The number of hydrogen-bond acceptors (Lipinski definition) is 6. The molecule has 0 saturated heterocycles. The molecule has 4 rings (SSSR count). The molecular weight excluding hydrogens is 404 g/mol. The van der Waals surface area contributed by atoms with E-state index in [4.69, 9.17) is 0 Å². The Bertz CT molecular complexity index is 970. The van der Waals surface area contributed by atoms with E-state index < -0.39 is 0 Å². The number of carbonyl (C=O) groups excluding carboxylic acids is 2. The summed E-state index contributed by atoms with van der Waals surface area (Å²) >= 11 is 2.90. The molecule has 3 aromatic rings. The highest BCUT2D eigenvalue weighted by Crippen LogP contribution is 2.28. The van der Waals surface area contributed by atoms with Crippen LogP contribution in [0.25, 0.3) is 0 Å². The first kappa shape index (κ1) is 19.8. The highest BCUT2D eigenvalue weighted by Gasteiger charge is 2.23. The van der Waals surface area contributed by atoms with Crippen molar-refractivity contribution in [3.8, 4) is 0 Å². The summed E-state index contributed by atoms with van der Waals surface area (Å²) in [7, 11) is 0. The maximum Gasteiger partial charge on any atom is 0.267 e. The van der Waals surface area contributed by atoms with Crippen LogP contribution in [0.2, 0.25) is 0 Å². The van der Waals surface area contributed by atoms with Gasteiger partial charge in [0.05, 0.1) is 17.1 Å². The van der Waals surface area contributed by atoms with Gasteiger partial charge in [0.2, 0.25) is 5.91 Å². The number of aromatic nitrogens is 1. The van der Waals surface area contributed by atoms with Crippen molar-refractivity contribution in [2.75, 3.05) is 25.0 Å².